The molecule has 0 aliphatic heterocycles. The van der Waals surface area contributed by atoms with Crippen molar-refractivity contribution in [1.82, 2.24) is 29.7 Å². The maximum Gasteiger partial charge on any atom is 0.229 e. The van der Waals surface area contributed by atoms with Crippen molar-refractivity contribution in [3.63, 3.8) is 0 Å². The minimum absolute atomic E-state index is 0.129. The molecule has 90 valence electrons. The van der Waals surface area contributed by atoms with Gasteiger partial charge in [0.15, 0.2) is 5.82 Å². The average molecular weight is 255 g/mol. The van der Waals surface area contributed by atoms with Gasteiger partial charge in [-0.1, -0.05) is 0 Å². The Bertz CT molecular complexity index is 510. The first kappa shape index (κ1) is 11.5. The van der Waals surface area contributed by atoms with E-state index in [0.717, 1.165) is 5.82 Å². The van der Waals surface area contributed by atoms with E-state index >= 15 is 0 Å². The van der Waals surface area contributed by atoms with Crippen LogP contribution in [0.4, 0.5) is 11.9 Å². The third-order valence-electron chi connectivity index (χ3n) is 2.04. The van der Waals surface area contributed by atoms with Gasteiger partial charge in [0, 0.05) is 14.1 Å². The van der Waals surface area contributed by atoms with Crippen LogP contribution < -0.4 is 10.6 Å². The van der Waals surface area contributed by atoms with E-state index in [2.05, 4.69) is 35.8 Å². The van der Waals surface area contributed by atoms with Gasteiger partial charge >= 0.3 is 0 Å². The highest BCUT2D eigenvalue weighted by Crippen LogP contribution is 2.09. The monoisotopic (exact) mass is 254 g/mol. The molecule has 0 aromatic carbocycles. The molecule has 0 aliphatic carbocycles. The molecule has 8 nitrogen and oxygen atoms in total. The second kappa shape index (κ2) is 4.91. The molecule has 2 rings (SSSR count). The highest BCUT2D eigenvalue weighted by molar-refractivity contribution is 6.28. The van der Waals surface area contributed by atoms with Gasteiger partial charge in [0.25, 0.3) is 0 Å². The Morgan fingerprint density at radius 1 is 1.29 bits per heavy atom. The second-order valence-electron chi connectivity index (χ2n) is 3.21. The molecule has 2 heterocycles. The Morgan fingerprint density at radius 3 is 2.71 bits per heavy atom. The Balaban J connectivity index is 2.09. The molecular weight excluding hydrogens is 244 g/mol. The number of aromatic nitrogens is 6. The standard InChI is InChI=1S/C8H11ClN8/c1-10-7-13-6(9)14-8(15-7)11-3-5-16-12-4-17(5)2/h4H,3H2,1-2H3,(H2,10,11,13,14,15). The summed E-state index contributed by atoms with van der Waals surface area (Å²) in [5, 5.41) is 13.6. The highest BCUT2D eigenvalue weighted by Gasteiger charge is 2.05. The van der Waals surface area contributed by atoms with Crippen LogP contribution in [0, 0.1) is 0 Å². The van der Waals surface area contributed by atoms with E-state index in [9.17, 15) is 0 Å². The first-order valence-corrected chi connectivity index (χ1v) is 5.23. The van der Waals surface area contributed by atoms with Crippen molar-refractivity contribution in [3.8, 4) is 0 Å². The highest BCUT2D eigenvalue weighted by atomic mass is 35.5. The predicted molar refractivity (Wildman–Crippen MR) is 62.7 cm³/mol. The topological polar surface area (TPSA) is 93.4 Å². The molecule has 0 fully saturated rings. The lowest BCUT2D eigenvalue weighted by atomic mass is 10.6. The average Bonchev–Trinajstić information content (AvgIpc) is 2.71. The molecule has 2 aromatic heterocycles. The molecule has 0 unspecified atom stereocenters. The molecule has 0 amide bonds. The predicted octanol–water partition coefficient (Wildman–Crippen LogP) is 0.307. The lowest BCUT2D eigenvalue weighted by Crippen LogP contribution is -2.10. The van der Waals surface area contributed by atoms with E-state index in [1.807, 2.05) is 7.05 Å². The maximum atomic E-state index is 5.75. The van der Waals surface area contributed by atoms with Crippen LogP contribution in [0.2, 0.25) is 5.28 Å². The minimum Gasteiger partial charge on any atom is -0.357 e. The fourth-order valence-electron chi connectivity index (χ4n) is 1.17. The van der Waals surface area contributed by atoms with Crippen molar-refractivity contribution in [2.75, 3.05) is 17.7 Å². The summed E-state index contributed by atoms with van der Waals surface area (Å²) in [5.41, 5.74) is 0. The SMILES string of the molecule is CNc1nc(Cl)nc(NCc2nncn2C)n1. The first-order chi connectivity index (χ1) is 8.19. The van der Waals surface area contributed by atoms with E-state index in [-0.39, 0.29) is 5.28 Å². The summed E-state index contributed by atoms with van der Waals surface area (Å²) in [4.78, 5) is 11.9. The summed E-state index contributed by atoms with van der Waals surface area (Å²) < 4.78 is 1.80. The van der Waals surface area contributed by atoms with Crippen molar-refractivity contribution < 1.29 is 0 Å². The molecule has 0 atom stereocenters. The summed E-state index contributed by atoms with van der Waals surface area (Å²) in [6.45, 7) is 0.458. The van der Waals surface area contributed by atoms with Crippen LogP contribution in [-0.4, -0.2) is 36.8 Å². The molecule has 0 radical (unpaired) electrons. The lowest BCUT2D eigenvalue weighted by Gasteiger charge is -2.05. The Kier molecular flexibility index (Phi) is 3.33. The van der Waals surface area contributed by atoms with Gasteiger partial charge in [-0.2, -0.15) is 15.0 Å². The summed E-state index contributed by atoms with van der Waals surface area (Å²) in [7, 11) is 3.56. The number of nitrogens with one attached hydrogen (secondary N) is 2. The molecule has 0 saturated carbocycles. The second-order valence-corrected chi connectivity index (χ2v) is 3.55. The van der Waals surface area contributed by atoms with Crippen LogP contribution in [0.1, 0.15) is 5.82 Å². The Labute approximate surface area is 102 Å². The number of nitrogens with zero attached hydrogens (tertiary/aromatic N) is 6. The number of hydrogen-bond acceptors (Lipinski definition) is 7. The van der Waals surface area contributed by atoms with Gasteiger partial charge in [-0.3, -0.25) is 0 Å². The summed E-state index contributed by atoms with van der Waals surface area (Å²) in [5.74, 6) is 1.57. The zero-order valence-electron chi connectivity index (χ0n) is 9.35. The van der Waals surface area contributed by atoms with Crippen LogP contribution in [0.25, 0.3) is 0 Å². The quantitative estimate of drug-likeness (QED) is 0.811. The molecule has 17 heavy (non-hydrogen) atoms. The molecule has 0 spiro atoms. The summed E-state index contributed by atoms with van der Waals surface area (Å²) >= 11 is 5.75. The number of rotatable bonds is 4. The van der Waals surface area contributed by atoms with E-state index in [1.54, 1.807) is 17.9 Å². The summed E-state index contributed by atoms with van der Waals surface area (Å²) in [6, 6.07) is 0. The molecule has 9 heteroatoms. The molecular formula is C8H11ClN8. The summed E-state index contributed by atoms with van der Waals surface area (Å²) in [6.07, 6.45) is 1.62. The van der Waals surface area contributed by atoms with Crippen molar-refractivity contribution in [2.45, 2.75) is 6.54 Å². The van der Waals surface area contributed by atoms with Crippen molar-refractivity contribution in [3.05, 3.63) is 17.4 Å². The zero-order valence-corrected chi connectivity index (χ0v) is 10.1. The van der Waals surface area contributed by atoms with Crippen LogP contribution >= 0.6 is 11.6 Å². The van der Waals surface area contributed by atoms with Gasteiger partial charge in [0.2, 0.25) is 17.2 Å². The minimum atomic E-state index is 0.129. The Morgan fingerprint density at radius 2 is 2.06 bits per heavy atom. The van der Waals surface area contributed by atoms with Crippen molar-refractivity contribution in [1.29, 1.82) is 0 Å². The fourth-order valence-corrected chi connectivity index (χ4v) is 1.33. The van der Waals surface area contributed by atoms with Gasteiger partial charge in [-0.05, 0) is 11.6 Å². The molecule has 0 saturated heterocycles. The maximum absolute atomic E-state index is 5.75. The largest absolute Gasteiger partial charge is 0.357 e. The third kappa shape index (κ3) is 2.78. The fraction of sp³-hybridized carbons (Fsp3) is 0.375. The molecule has 0 aliphatic rings. The van der Waals surface area contributed by atoms with Gasteiger partial charge in [-0.15, -0.1) is 10.2 Å². The van der Waals surface area contributed by atoms with E-state index in [0.29, 0.717) is 18.4 Å². The first-order valence-electron chi connectivity index (χ1n) is 4.85. The Hall–Kier alpha value is -1.96. The van der Waals surface area contributed by atoms with E-state index < -0.39 is 0 Å². The van der Waals surface area contributed by atoms with E-state index in [4.69, 9.17) is 11.6 Å². The van der Waals surface area contributed by atoms with Gasteiger partial charge < -0.3 is 15.2 Å². The van der Waals surface area contributed by atoms with Crippen LogP contribution in [-0.2, 0) is 13.6 Å². The molecule has 2 aromatic rings. The number of anilines is 2. The molecule has 0 bridgehead atoms. The zero-order chi connectivity index (χ0) is 12.3. The van der Waals surface area contributed by atoms with Crippen molar-refractivity contribution >= 4 is 23.5 Å². The van der Waals surface area contributed by atoms with Crippen LogP contribution in [0.5, 0.6) is 0 Å². The normalized spacial score (nSPS) is 10.3. The number of halogens is 1. The van der Waals surface area contributed by atoms with Gasteiger partial charge in [0.1, 0.15) is 6.33 Å². The molecule has 2 N–H and O–H groups in total. The smallest absolute Gasteiger partial charge is 0.229 e. The van der Waals surface area contributed by atoms with Crippen molar-refractivity contribution in [2.24, 2.45) is 7.05 Å². The number of aryl methyl sites for hydroxylation is 1. The number of hydrogen-bond donors (Lipinski definition) is 2. The van der Waals surface area contributed by atoms with Crippen LogP contribution in [0.3, 0.4) is 0 Å². The van der Waals surface area contributed by atoms with Gasteiger partial charge in [-0.25, -0.2) is 0 Å². The van der Waals surface area contributed by atoms with Gasteiger partial charge in [0.05, 0.1) is 6.54 Å². The lowest BCUT2D eigenvalue weighted by molar-refractivity contribution is 0.806. The van der Waals surface area contributed by atoms with Crippen LogP contribution in [0.15, 0.2) is 6.33 Å². The third-order valence-corrected chi connectivity index (χ3v) is 2.21. The van der Waals surface area contributed by atoms with E-state index in [1.165, 1.54) is 0 Å².